The van der Waals surface area contributed by atoms with E-state index in [0.717, 1.165) is 37.5 Å². The first kappa shape index (κ1) is 13.5. The Balaban J connectivity index is 1.90. The molecular formula is C13H19N2O2S. The second-order valence-electron chi connectivity index (χ2n) is 5.13. The van der Waals surface area contributed by atoms with Crippen molar-refractivity contribution in [1.82, 2.24) is 9.88 Å². The van der Waals surface area contributed by atoms with Crippen molar-refractivity contribution in [2.24, 2.45) is 0 Å². The van der Waals surface area contributed by atoms with Crippen molar-refractivity contribution in [2.45, 2.75) is 32.6 Å². The fourth-order valence-corrected chi connectivity index (χ4v) is 3.32. The van der Waals surface area contributed by atoms with Gasteiger partial charge < -0.3 is 10.0 Å². The Morgan fingerprint density at radius 3 is 2.67 bits per heavy atom. The average molecular weight is 267 g/mol. The normalized spacial score (nSPS) is 18.4. The molecule has 1 aromatic heterocycles. The van der Waals surface area contributed by atoms with E-state index in [1.807, 2.05) is 0 Å². The van der Waals surface area contributed by atoms with Gasteiger partial charge in [0.15, 0.2) is 5.69 Å². The van der Waals surface area contributed by atoms with Crippen LogP contribution in [0.5, 0.6) is 0 Å². The molecule has 1 aliphatic rings. The van der Waals surface area contributed by atoms with Gasteiger partial charge in [0.2, 0.25) is 0 Å². The molecular weight excluding hydrogens is 248 g/mol. The Morgan fingerprint density at radius 1 is 1.50 bits per heavy atom. The van der Waals surface area contributed by atoms with Crippen molar-refractivity contribution in [2.75, 3.05) is 19.6 Å². The summed E-state index contributed by atoms with van der Waals surface area (Å²) in [6.07, 6.45) is 2.17. The van der Waals surface area contributed by atoms with Crippen molar-refractivity contribution in [3.63, 3.8) is 0 Å². The summed E-state index contributed by atoms with van der Waals surface area (Å²) < 4.78 is 0. The minimum absolute atomic E-state index is 0.190. The maximum absolute atomic E-state index is 10.8. The maximum atomic E-state index is 10.8. The minimum Gasteiger partial charge on any atom is -0.476 e. The predicted molar refractivity (Wildman–Crippen MR) is 72.1 cm³/mol. The van der Waals surface area contributed by atoms with Gasteiger partial charge in [-0.05, 0) is 31.8 Å². The zero-order valence-electron chi connectivity index (χ0n) is 10.8. The fourth-order valence-electron chi connectivity index (χ4n) is 2.36. The number of piperidine rings is 1. The summed E-state index contributed by atoms with van der Waals surface area (Å²) in [5.74, 6) is 0.957. The van der Waals surface area contributed by atoms with Crippen LogP contribution in [0.1, 0.15) is 48.1 Å². The second kappa shape index (κ2) is 5.80. The lowest BCUT2D eigenvalue weighted by atomic mass is 9.97. The molecule has 1 N–H and O–H groups in total. The Bertz CT molecular complexity index is 409. The van der Waals surface area contributed by atoms with E-state index in [1.54, 1.807) is 5.38 Å². The number of hydrogen-bond acceptors (Lipinski definition) is 4. The predicted octanol–water partition coefficient (Wildman–Crippen LogP) is 2.63. The summed E-state index contributed by atoms with van der Waals surface area (Å²) >= 11 is 1.48. The third kappa shape index (κ3) is 3.29. The molecule has 5 heteroatoms. The van der Waals surface area contributed by atoms with Crippen molar-refractivity contribution in [3.05, 3.63) is 22.0 Å². The second-order valence-corrected chi connectivity index (χ2v) is 6.02. The van der Waals surface area contributed by atoms with E-state index in [1.165, 1.54) is 17.3 Å². The summed E-state index contributed by atoms with van der Waals surface area (Å²) in [6, 6.07) is 0. The zero-order chi connectivity index (χ0) is 13.1. The summed E-state index contributed by atoms with van der Waals surface area (Å²) in [7, 11) is 0. The van der Waals surface area contributed by atoms with Crippen molar-refractivity contribution < 1.29 is 9.90 Å². The van der Waals surface area contributed by atoms with E-state index in [4.69, 9.17) is 5.11 Å². The topological polar surface area (TPSA) is 53.4 Å². The number of aromatic nitrogens is 1. The maximum Gasteiger partial charge on any atom is 0.355 e. The number of aromatic carboxylic acids is 1. The van der Waals surface area contributed by atoms with Crippen LogP contribution in [0.2, 0.25) is 0 Å². The van der Waals surface area contributed by atoms with Gasteiger partial charge in [0.05, 0.1) is 5.01 Å². The number of carboxylic acid groups (broad SMARTS) is 1. The molecule has 0 spiro atoms. The van der Waals surface area contributed by atoms with E-state index < -0.39 is 5.97 Å². The van der Waals surface area contributed by atoms with Crippen molar-refractivity contribution in [1.29, 1.82) is 0 Å². The van der Waals surface area contributed by atoms with Crippen LogP contribution in [-0.2, 0) is 0 Å². The summed E-state index contributed by atoms with van der Waals surface area (Å²) in [5, 5.41) is 11.5. The molecule has 0 aromatic carbocycles. The van der Waals surface area contributed by atoms with Gasteiger partial charge in [-0.15, -0.1) is 11.3 Å². The first-order chi connectivity index (χ1) is 8.56. The Labute approximate surface area is 112 Å². The van der Waals surface area contributed by atoms with Crippen LogP contribution >= 0.6 is 11.3 Å². The Hall–Kier alpha value is -0.940. The largest absolute Gasteiger partial charge is 0.476 e. The molecule has 0 amide bonds. The van der Waals surface area contributed by atoms with Crippen molar-refractivity contribution >= 4 is 17.3 Å². The van der Waals surface area contributed by atoms with Gasteiger partial charge in [-0.3, -0.25) is 0 Å². The van der Waals surface area contributed by atoms with Crippen LogP contribution in [0.25, 0.3) is 0 Å². The number of thiazole rings is 1. The minimum atomic E-state index is -0.925. The molecule has 18 heavy (non-hydrogen) atoms. The van der Waals surface area contributed by atoms with E-state index in [0.29, 0.717) is 5.92 Å². The molecule has 0 unspecified atom stereocenters. The van der Waals surface area contributed by atoms with Gasteiger partial charge >= 0.3 is 5.97 Å². The Kier molecular flexibility index (Phi) is 4.35. The lowest BCUT2D eigenvalue weighted by Crippen LogP contribution is -2.35. The number of likely N-dealkylation sites (tertiary alicyclic amines) is 1. The van der Waals surface area contributed by atoms with E-state index in [-0.39, 0.29) is 5.69 Å². The summed E-state index contributed by atoms with van der Waals surface area (Å²) in [4.78, 5) is 17.5. The number of carbonyl (C=O) groups is 1. The quantitative estimate of drug-likeness (QED) is 0.911. The lowest BCUT2D eigenvalue weighted by Gasteiger charge is -2.31. The van der Waals surface area contributed by atoms with Gasteiger partial charge in [0, 0.05) is 17.8 Å². The van der Waals surface area contributed by atoms with Crippen LogP contribution in [0.15, 0.2) is 5.38 Å². The highest BCUT2D eigenvalue weighted by atomic mass is 32.1. The highest BCUT2D eigenvalue weighted by Crippen LogP contribution is 2.30. The molecule has 0 atom stereocenters. The van der Waals surface area contributed by atoms with Crippen LogP contribution in [0.3, 0.4) is 0 Å². The zero-order valence-corrected chi connectivity index (χ0v) is 11.7. The molecule has 1 aromatic rings. The first-order valence-corrected chi connectivity index (χ1v) is 7.14. The molecule has 2 heterocycles. The first-order valence-electron chi connectivity index (χ1n) is 6.26. The molecule has 1 fully saturated rings. The van der Waals surface area contributed by atoms with Gasteiger partial charge in [-0.1, -0.05) is 13.8 Å². The molecule has 99 valence electrons. The van der Waals surface area contributed by atoms with Gasteiger partial charge in [-0.2, -0.15) is 0 Å². The third-order valence-corrected chi connectivity index (χ3v) is 4.22. The molecule has 0 aliphatic carbocycles. The molecule has 0 saturated carbocycles. The highest BCUT2D eigenvalue weighted by molar-refractivity contribution is 7.09. The monoisotopic (exact) mass is 267 g/mol. The summed E-state index contributed by atoms with van der Waals surface area (Å²) in [6.45, 7) is 7.55. The van der Waals surface area contributed by atoms with E-state index in [9.17, 15) is 4.79 Å². The van der Waals surface area contributed by atoms with Gasteiger partial charge in [0.1, 0.15) is 0 Å². The van der Waals surface area contributed by atoms with Crippen LogP contribution in [-0.4, -0.2) is 40.6 Å². The standard InChI is InChI=1S/C13H19N2O2S/c1-9(2)7-15-5-3-10(4-6-15)12-14-11(8-18-12)13(16)17/h8,10H,3-7H2,1-2H3,(H,16,17). The molecule has 1 saturated heterocycles. The third-order valence-electron chi connectivity index (χ3n) is 3.22. The molecule has 4 nitrogen and oxygen atoms in total. The average Bonchev–Trinajstić information content (AvgIpc) is 2.78. The number of rotatable bonds is 4. The summed E-state index contributed by atoms with van der Waals surface area (Å²) in [5.41, 5.74) is 0.190. The van der Waals surface area contributed by atoms with Crippen LogP contribution in [0, 0.1) is 5.92 Å². The van der Waals surface area contributed by atoms with Gasteiger partial charge in [-0.25, -0.2) is 9.78 Å². The molecule has 2 rings (SSSR count). The Morgan fingerprint density at radius 2 is 2.17 bits per heavy atom. The van der Waals surface area contributed by atoms with E-state index in [2.05, 4.69) is 23.7 Å². The molecule has 0 bridgehead atoms. The van der Waals surface area contributed by atoms with Crippen LogP contribution < -0.4 is 0 Å². The smallest absolute Gasteiger partial charge is 0.355 e. The SMILES string of the molecule is C[C](C)CN1CCC(c2nc(C(=O)O)cs2)CC1. The molecule has 1 aliphatic heterocycles. The van der Waals surface area contributed by atoms with Crippen LogP contribution in [0.4, 0.5) is 0 Å². The molecule has 1 radical (unpaired) electrons. The van der Waals surface area contributed by atoms with Crippen molar-refractivity contribution in [3.8, 4) is 0 Å². The highest BCUT2D eigenvalue weighted by Gasteiger charge is 2.24. The number of nitrogens with zero attached hydrogens (tertiary/aromatic N) is 2. The van der Waals surface area contributed by atoms with E-state index >= 15 is 0 Å². The number of carboxylic acids is 1. The number of hydrogen-bond donors (Lipinski definition) is 1. The van der Waals surface area contributed by atoms with Gasteiger partial charge in [0.25, 0.3) is 0 Å². The fraction of sp³-hybridized carbons (Fsp3) is 0.615. The lowest BCUT2D eigenvalue weighted by molar-refractivity contribution is 0.0691.